The molecule has 2 N–H and O–H groups in total. The summed E-state index contributed by atoms with van der Waals surface area (Å²) in [6, 6.07) is 14.7. The smallest absolute Gasteiger partial charge is 0.374 e. The summed E-state index contributed by atoms with van der Waals surface area (Å²) in [6.07, 6.45) is 0. The van der Waals surface area contributed by atoms with Crippen molar-refractivity contribution in [2.24, 2.45) is 0 Å². The Balaban J connectivity index is 1.74. The molecular weight excluding hydrogens is 266 g/mol. The average Bonchev–Trinajstić information content (AvgIpc) is 2.88. The maximum absolute atomic E-state index is 12.0. The number of benzene rings is 2. The van der Waals surface area contributed by atoms with Gasteiger partial charge in [0, 0.05) is 11.1 Å². The van der Waals surface area contributed by atoms with Crippen LogP contribution in [0.3, 0.4) is 0 Å². The molecule has 0 unspecified atom stereocenters. The quantitative estimate of drug-likeness (QED) is 0.587. The van der Waals surface area contributed by atoms with Gasteiger partial charge in [0.05, 0.1) is 0 Å². The van der Waals surface area contributed by atoms with Crippen LogP contribution in [0.1, 0.15) is 21.7 Å². The van der Waals surface area contributed by atoms with Crippen molar-refractivity contribution in [2.75, 3.05) is 5.73 Å². The number of aryl methyl sites for hydroxylation is 1. The van der Waals surface area contributed by atoms with E-state index in [2.05, 4.69) is 0 Å². The lowest BCUT2D eigenvalue weighted by Crippen LogP contribution is -2.03. The maximum atomic E-state index is 12.0. The lowest BCUT2D eigenvalue weighted by molar-refractivity contribution is 0.0438. The van der Waals surface area contributed by atoms with Crippen LogP contribution < -0.4 is 5.73 Å². The molecule has 0 bridgehead atoms. The van der Waals surface area contributed by atoms with Crippen LogP contribution in [-0.2, 0) is 11.3 Å². The number of esters is 1. The number of carbonyl (C=O) groups is 1. The van der Waals surface area contributed by atoms with Gasteiger partial charge in [0.1, 0.15) is 12.2 Å². The third kappa shape index (κ3) is 2.89. The number of hydrogen-bond donors (Lipinski definition) is 1. The van der Waals surface area contributed by atoms with Gasteiger partial charge in [-0.3, -0.25) is 0 Å². The minimum Gasteiger partial charge on any atom is -0.455 e. The van der Waals surface area contributed by atoms with Gasteiger partial charge in [-0.05, 0) is 36.8 Å². The molecule has 1 heterocycles. The Morgan fingerprint density at radius 2 is 2.05 bits per heavy atom. The Kier molecular flexibility index (Phi) is 3.36. The molecule has 2 aromatic carbocycles. The molecule has 0 fully saturated rings. The average molecular weight is 281 g/mol. The molecule has 0 radical (unpaired) electrons. The van der Waals surface area contributed by atoms with Gasteiger partial charge >= 0.3 is 5.97 Å². The maximum Gasteiger partial charge on any atom is 0.374 e. The van der Waals surface area contributed by atoms with Crippen LogP contribution in [0.5, 0.6) is 0 Å². The van der Waals surface area contributed by atoms with E-state index < -0.39 is 5.97 Å². The topological polar surface area (TPSA) is 65.5 Å². The van der Waals surface area contributed by atoms with Gasteiger partial charge in [-0.2, -0.15) is 0 Å². The molecule has 0 saturated carbocycles. The van der Waals surface area contributed by atoms with E-state index in [0.717, 1.165) is 16.5 Å². The highest BCUT2D eigenvalue weighted by Crippen LogP contribution is 2.22. The molecule has 0 saturated heterocycles. The number of fused-ring (bicyclic) bond motifs is 1. The van der Waals surface area contributed by atoms with Crippen LogP contribution in [0, 0.1) is 6.92 Å². The second kappa shape index (κ2) is 5.32. The summed E-state index contributed by atoms with van der Waals surface area (Å²) in [5.41, 5.74) is 9.02. The van der Waals surface area contributed by atoms with Crippen molar-refractivity contribution < 1.29 is 13.9 Å². The van der Waals surface area contributed by atoms with Crippen LogP contribution in [0.2, 0.25) is 0 Å². The predicted octanol–water partition coefficient (Wildman–Crippen LogP) is 3.68. The van der Waals surface area contributed by atoms with Crippen molar-refractivity contribution in [3.63, 3.8) is 0 Å². The van der Waals surface area contributed by atoms with Gasteiger partial charge in [0.15, 0.2) is 0 Å². The number of carbonyl (C=O) groups excluding carboxylic acids is 1. The summed E-state index contributed by atoms with van der Waals surface area (Å²) >= 11 is 0. The molecule has 0 amide bonds. The summed E-state index contributed by atoms with van der Waals surface area (Å²) in [6.45, 7) is 2.22. The van der Waals surface area contributed by atoms with Crippen LogP contribution in [0.25, 0.3) is 11.0 Å². The molecule has 0 atom stereocenters. The molecule has 0 aliphatic carbocycles. The first-order valence-corrected chi connectivity index (χ1v) is 6.63. The second-order valence-corrected chi connectivity index (χ2v) is 4.97. The number of nitrogen functional groups attached to an aromatic ring is 1. The van der Waals surface area contributed by atoms with E-state index in [4.69, 9.17) is 14.9 Å². The highest BCUT2D eigenvalue weighted by molar-refractivity contribution is 5.93. The zero-order valence-electron chi connectivity index (χ0n) is 11.6. The van der Waals surface area contributed by atoms with E-state index in [1.54, 1.807) is 24.3 Å². The van der Waals surface area contributed by atoms with Gasteiger partial charge in [-0.15, -0.1) is 0 Å². The summed E-state index contributed by atoms with van der Waals surface area (Å²) in [5.74, 6) is -0.297. The highest BCUT2D eigenvalue weighted by atomic mass is 16.5. The highest BCUT2D eigenvalue weighted by Gasteiger charge is 2.14. The minimum atomic E-state index is -0.480. The van der Waals surface area contributed by atoms with Crippen molar-refractivity contribution in [3.8, 4) is 0 Å². The number of anilines is 1. The molecule has 4 heteroatoms. The Hall–Kier alpha value is -2.75. The normalized spacial score (nSPS) is 10.7. The number of hydrogen-bond acceptors (Lipinski definition) is 4. The van der Waals surface area contributed by atoms with Crippen LogP contribution >= 0.6 is 0 Å². The molecule has 3 rings (SSSR count). The van der Waals surface area contributed by atoms with Gasteiger partial charge < -0.3 is 14.9 Å². The number of rotatable bonds is 3. The fourth-order valence-electron chi connectivity index (χ4n) is 2.18. The van der Waals surface area contributed by atoms with E-state index >= 15 is 0 Å². The van der Waals surface area contributed by atoms with E-state index in [0.29, 0.717) is 11.3 Å². The third-order valence-electron chi connectivity index (χ3n) is 3.19. The molecule has 4 nitrogen and oxygen atoms in total. The summed E-state index contributed by atoms with van der Waals surface area (Å²) in [5, 5.41) is 0.789. The lowest BCUT2D eigenvalue weighted by atomic mass is 10.1. The molecule has 0 aliphatic heterocycles. The fourth-order valence-corrected chi connectivity index (χ4v) is 2.18. The third-order valence-corrected chi connectivity index (χ3v) is 3.19. The molecule has 3 aromatic rings. The summed E-state index contributed by atoms with van der Waals surface area (Å²) < 4.78 is 10.7. The SMILES string of the molecule is Cc1cccc(COC(=O)c2cc3cc(N)ccc3o2)c1. The van der Waals surface area contributed by atoms with Gasteiger partial charge in [-0.25, -0.2) is 4.79 Å². The molecule has 1 aromatic heterocycles. The van der Waals surface area contributed by atoms with Gasteiger partial charge in [0.2, 0.25) is 5.76 Å². The number of furan rings is 1. The second-order valence-electron chi connectivity index (χ2n) is 4.97. The van der Waals surface area contributed by atoms with Crippen LogP contribution in [0.15, 0.2) is 52.9 Å². The largest absolute Gasteiger partial charge is 0.455 e. The number of nitrogens with two attached hydrogens (primary N) is 1. The summed E-state index contributed by atoms with van der Waals surface area (Å²) in [4.78, 5) is 12.0. The van der Waals surface area contributed by atoms with E-state index in [-0.39, 0.29) is 12.4 Å². The fraction of sp³-hybridized carbons (Fsp3) is 0.118. The Morgan fingerprint density at radius 1 is 1.19 bits per heavy atom. The first-order chi connectivity index (χ1) is 10.1. The van der Waals surface area contributed by atoms with Crippen molar-refractivity contribution >= 4 is 22.6 Å². The standard InChI is InChI=1S/C17H15NO3/c1-11-3-2-4-12(7-11)10-20-17(19)16-9-13-8-14(18)5-6-15(13)21-16/h2-9H,10,18H2,1H3. The lowest BCUT2D eigenvalue weighted by Gasteiger charge is -2.03. The molecule has 21 heavy (non-hydrogen) atoms. The Bertz CT molecular complexity index is 805. The monoisotopic (exact) mass is 281 g/mol. The van der Waals surface area contributed by atoms with E-state index in [9.17, 15) is 4.79 Å². The van der Waals surface area contributed by atoms with Gasteiger partial charge in [-0.1, -0.05) is 29.8 Å². The van der Waals surface area contributed by atoms with Crippen LogP contribution in [-0.4, -0.2) is 5.97 Å². The zero-order chi connectivity index (χ0) is 14.8. The minimum absolute atomic E-state index is 0.184. The Morgan fingerprint density at radius 3 is 2.86 bits per heavy atom. The van der Waals surface area contributed by atoms with E-state index in [1.165, 1.54) is 0 Å². The van der Waals surface area contributed by atoms with Crippen molar-refractivity contribution in [2.45, 2.75) is 13.5 Å². The van der Waals surface area contributed by atoms with E-state index in [1.807, 2.05) is 31.2 Å². The predicted molar refractivity (Wildman–Crippen MR) is 80.9 cm³/mol. The molecule has 0 aliphatic rings. The van der Waals surface area contributed by atoms with Crippen molar-refractivity contribution in [1.29, 1.82) is 0 Å². The summed E-state index contributed by atoms with van der Waals surface area (Å²) in [7, 11) is 0. The van der Waals surface area contributed by atoms with Crippen molar-refractivity contribution in [3.05, 3.63) is 65.4 Å². The Labute approximate surface area is 122 Å². The first-order valence-electron chi connectivity index (χ1n) is 6.63. The molecular formula is C17H15NO3. The number of ether oxygens (including phenoxy) is 1. The van der Waals surface area contributed by atoms with Crippen LogP contribution in [0.4, 0.5) is 5.69 Å². The first kappa shape index (κ1) is 13.2. The van der Waals surface area contributed by atoms with Gasteiger partial charge in [0.25, 0.3) is 0 Å². The molecule has 0 spiro atoms. The zero-order valence-corrected chi connectivity index (χ0v) is 11.6. The molecule has 106 valence electrons. The van der Waals surface area contributed by atoms with Crippen molar-refractivity contribution in [1.82, 2.24) is 0 Å².